The topological polar surface area (TPSA) is 15.3 Å². The van der Waals surface area contributed by atoms with Crippen LogP contribution in [0.25, 0.3) is 0 Å². The normalized spacial score (nSPS) is 24.0. The standard InChI is InChI=1S/C13H28N2/c1-3-8-14-9-12-15-10-5-6-13(4-2)7-11-15/h13-14H,3-12H2,1-2H3. The molecule has 1 heterocycles. The molecule has 15 heavy (non-hydrogen) atoms. The highest BCUT2D eigenvalue weighted by Gasteiger charge is 2.14. The SMILES string of the molecule is CCCNCCN1CCCC(CC)CC1. The Hall–Kier alpha value is -0.0800. The first-order valence-corrected chi connectivity index (χ1v) is 6.79. The summed E-state index contributed by atoms with van der Waals surface area (Å²) in [7, 11) is 0. The molecule has 1 unspecified atom stereocenters. The quantitative estimate of drug-likeness (QED) is 0.681. The second-order valence-electron chi connectivity index (χ2n) is 4.80. The minimum atomic E-state index is 0.999. The van der Waals surface area contributed by atoms with Crippen molar-refractivity contribution in [1.82, 2.24) is 10.2 Å². The van der Waals surface area contributed by atoms with Crippen molar-refractivity contribution in [1.29, 1.82) is 0 Å². The first-order chi connectivity index (χ1) is 7.36. The highest BCUT2D eigenvalue weighted by Crippen LogP contribution is 2.19. The van der Waals surface area contributed by atoms with Gasteiger partial charge < -0.3 is 10.2 Å². The Labute approximate surface area is 95.4 Å². The Morgan fingerprint density at radius 2 is 2.00 bits per heavy atom. The summed E-state index contributed by atoms with van der Waals surface area (Å²) >= 11 is 0. The molecule has 1 saturated heterocycles. The van der Waals surface area contributed by atoms with E-state index in [1.165, 1.54) is 64.8 Å². The van der Waals surface area contributed by atoms with Crippen molar-refractivity contribution in [2.75, 3.05) is 32.7 Å². The van der Waals surface area contributed by atoms with E-state index in [9.17, 15) is 0 Å². The molecule has 1 aliphatic rings. The van der Waals surface area contributed by atoms with Gasteiger partial charge in [-0.15, -0.1) is 0 Å². The summed E-state index contributed by atoms with van der Waals surface area (Å²) in [5.41, 5.74) is 0. The average molecular weight is 212 g/mol. The van der Waals surface area contributed by atoms with Gasteiger partial charge >= 0.3 is 0 Å². The van der Waals surface area contributed by atoms with Gasteiger partial charge in [-0.1, -0.05) is 20.3 Å². The lowest BCUT2D eigenvalue weighted by Crippen LogP contribution is -2.33. The third kappa shape index (κ3) is 5.53. The maximum atomic E-state index is 3.49. The molecule has 1 fully saturated rings. The zero-order valence-corrected chi connectivity index (χ0v) is 10.6. The lowest BCUT2D eigenvalue weighted by atomic mass is 9.98. The molecule has 0 amide bonds. The molecule has 90 valence electrons. The van der Waals surface area contributed by atoms with Crippen LogP contribution < -0.4 is 5.32 Å². The van der Waals surface area contributed by atoms with Gasteiger partial charge in [0.1, 0.15) is 0 Å². The van der Waals surface area contributed by atoms with Crippen molar-refractivity contribution in [2.45, 2.75) is 46.0 Å². The van der Waals surface area contributed by atoms with Crippen molar-refractivity contribution < 1.29 is 0 Å². The predicted octanol–water partition coefficient (Wildman–Crippen LogP) is 2.50. The molecule has 1 atom stereocenters. The van der Waals surface area contributed by atoms with Crippen LogP contribution in [0.2, 0.25) is 0 Å². The van der Waals surface area contributed by atoms with E-state index in [1.807, 2.05) is 0 Å². The Morgan fingerprint density at radius 3 is 2.73 bits per heavy atom. The van der Waals surface area contributed by atoms with Crippen LogP contribution in [-0.4, -0.2) is 37.6 Å². The average Bonchev–Trinajstić information content (AvgIpc) is 2.49. The zero-order valence-electron chi connectivity index (χ0n) is 10.6. The molecule has 2 heteroatoms. The molecule has 0 aromatic rings. The smallest absolute Gasteiger partial charge is 0.0107 e. The first kappa shape index (κ1) is 13.0. The minimum absolute atomic E-state index is 0.999. The molecule has 2 nitrogen and oxygen atoms in total. The molecule has 1 N–H and O–H groups in total. The van der Waals surface area contributed by atoms with E-state index in [0.29, 0.717) is 0 Å². The Bertz CT molecular complexity index is 147. The molecular formula is C13H28N2. The third-order valence-electron chi connectivity index (χ3n) is 3.55. The molecule has 0 radical (unpaired) electrons. The second-order valence-corrected chi connectivity index (χ2v) is 4.80. The number of nitrogens with zero attached hydrogens (tertiary/aromatic N) is 1. The van der Waals surface area contributed by atoms with Crippen molar-refractivity contribution >= 4 is 0 Å². The summed E-state index contributed by atoms with van der Waals surface area (Å²) in [4.78, 5) is 2.64. The highest BCUT2D eigenvalue weighted by molar-refractivity contribution is 4.69. The summed E-state index contributed by atoms with van der Waals surface area (Å²) in [6.07, 6.45) is 6.91. The number of likely N-dealkylation sites (tertiary alicyclic amines) is 1. The fourth-order valence-electron chi connectivity index (χ4n) is 2.40. The number of nitrogens with one attached hydrogen (secondary N) is 1. The van der Waals surface area contributed by atoms with Crippen LogP contribution in [0.3, 0.4) is 0 Å². The Morgan fingerprint density at radius 1 is 1.13 bits per heavy atom. The number of rotatable bonds is 6. The van der Waals surface area contributed by atoms with E-state index < -0.39 is 0 Å². The lowest BCUT2D eigenvalue weighted by Gasteiger charge is -2.20. The van der Waals surface area contributed by atoms with Crippen LogP contribution in [0, 0.1) is 5.92 Å². The fourth-order valence-corrected chi connectivity index (χ4v) is 2.40. The highest BCUT2D eigenvalue weighted by atomic mass is 15.1. The van der Waals surface area contributed by atoms with Gasteiger partial charge in [0.15, 0.2) is 0 Å². The minimum Gasteiger partial charge on any atom is -0.315 e. The van der Waals surface area contributed by atoms with Crippen molar-refractivity contribution in [2.24, 2.45) is 5.92 Å². The molecule has 0 aromatic carbocycles. The van der Waals surface area contributed by atoms with E-state index in [0.717, 1.165) is 5.92 Å². The van der Waals surface area contributed by atoms with Crippen LogP contribution in [0.1, 0.15) is 46.0 Å². The maximum absolute atomic E-state index is 3.49. The van der Waals surface area contributed by atoms with E-state index in [2.05, 4.69) is 24.1 Å². The van der Waals surface area contributed by atoms with Gasteiger partial charge in [0.2, 0.25) is 0 Å². The van der Waals surface area contributed by atoms with E-state index in [4.69, 9.17) is 0 Å². The summed E-state index contributed by atoms with van der Waals surface area (Å²) in [5, 5.41) is 3.49. The number of hydrogen-bond donors (Lipinski definition) is 1. The summed E-state index contributed by atoms with van der Waals surface area (Å²) in [5.74, 6) is 0.999. The molecule has 0 bridgehead atoms. The van der Waals surface area contributed by atoms with Crippen molar-refractivity contribution in [3.63, 3.8) is 0 Å². The van der Waals surface area contributed by atoms with Crippen LogP contribution in [0.15, 0.2) is 0 Å². The van der Waals surface area contributed by atoms with Gasteiger partial charge in [-0.2, -0.15) is 0 Å². The van der Waals surface area contributed by atoms with Gasteiger partial charge in [-0.3, -0.25) is 0 Å². The van der Waals surface area contributed by atoms with Crippen molar-refractivity contribution in [3.05, 3.63) is 0 Å². The number of hydrogen-bond acceptors (Lipinski definition) is 2. The molecule has 0 aliphatic carbocycles. The second kappa shape index (κ2) is 8.12. The molecule has 1 aliphatic heterocycles. The van der Waals surface area contributed by atoms with E-state index in [1.54, 1.807) is 0 Å². The predicted molar refractivity (Wildman–Crippen MR) is 67.2 cm³/mol. The van der Waals surface area contributed by atoms with Crippen molar-refractivity contribution in [3.8, 4) is 0 Å². The molecule has 0 saturated carbocycles. The van der Waals surface area contributed by atoms with E-state index >= 15 is 0 Å². The fraction of sp³-hybridized carbons (Fsp3) is 1.00. The van der Waals surface area contributed by atoms with Gasteiger partial charge in [0.05, 0.1) is 0 Å². The van der Waals surface area contributed by atoms with Gasteiger partial charge in [0, 0.05) is 13.1 Å². The monoisotopic (exact) mass is 212 g/mol. The van der Waals surface area contributed by atoms with Gasteiger partial charge in [-0.05, 0) is 51.2 Å². The van der Waals surface area contributed by atoms with Gasteiger partial charge in [0.25, 0.3) is 0 Å². The van der Waals surface area contributed by atoms with Crippen LogP contribution in [-0.2, 0) is 0 Å². The van der Waals surface area contributed by atoms with Gasteiger partial charge in [-0.25, -0.2) is 0 Å². The maximum Gasteiger partial charge on any atom is 0.0107 e. The summed E-state index contributed by atoms with van der Waals surface area (Å²) < 4.78 is 0. The van der Waals surface area contributed by atoms with E-state index in [-0.39, 0.29) is 0 Å². The lowest BCUT2D eigenvalue weighted by molar-refractivity contribution is 0.279. The summed E-state index contributed by atoms with van der Waals surface area (Å²) in [6, 6.07) is 0. The Kier molecular flexibility index (Phi) is 7.03. The molecule has 0 aromatic heterocycles. The third-order valence-corrected chi connectivity index (χ3v) is 3.55. The molecule has 0 spiro atoms. The van der Waals surface area contributed by atoms with Crippen LogP contribution >= 0.6 is 0 Å². The zero-order chi connectivity index (χ0) is 10.9. The largest absolute Gasteiger partial charge is 0.315 e. The summed E-state index contributed by atoms with van der Waals surface area (Å²) in [6.45, 7) is 10.8. The Balaban J connectivity index is 2.08. The van der Waals surface area contributed by atoms with Crippen LogP contribution in [0.4, 0.5) is 0 Å². The molecular weight excluding hydrogens is 184 g/mol. The van der Waals surface area contributed by atoms with Crippen LogP contribution in [0.5, 0.6) is 0 Å². The first-order valence-electron chi connectivity index (χ1n) is 6.79. The molecule has 1 rings (SSSR count).